The first-order valence-corrected chi connectivity index (χ1v) is 5.88. The first-order chi connectivity index (χ1) is 10.1. The van der Waals surface area contributed by atoms with E-state index in [0.29, 0.717) is 0 Å². The quantitative estimate of drug-likeness (QED) is 0.442. The minimum Gasteiger partial charge on any atom is -0.248 e. The van der Waals surface area contributed by atoms with Gasteiger partial charge in [-0.15, -0.1) is 6.42 Å². The van der Waals surface area contributed by atoms with Gasteiger partial charge in [-0.1, -0.05) is 5.92 Å². The van der Waals surface area contributed by atoms with Gasteiger partial charge in [0.1, 0.15) is 6.67 Å². The summed E-state index contributed by atoms with van der Waals surface area (Å²) in [5.41, 5.74) is 0. The molecule has 0 nitrogen and oxygen atoms in total. The summed E-state index contributed by atoms with van der Waals surface area (Å²) < 4.78 is 128. The molecule has 0 rings (SSSR count). The number of hydrogen-bond acceptors (Lipinski definition) is 0. The van der Waals surface area contributed by atoms with E-state index >= 15 is 0 Å². The molecule has 0 fully saturated rings. The molecular weight excluding hydrogens is 334 g/mol. The van der Waals surface area contributed by atoms with Crippen molar-refractivity contribution in [3.63, 3.8) is 0 Å². The maximum absolute atomic E-state index is 13.2. The van der Waals surface area contributed by atoms with Crippen LogP contribution in [0.2, 0.25) is 0 Å². The zero-order valence-electron chi connectivity index (χ0n) is 10.8. The molecule has 0 radical (unpaired) electrons. The highest BCUT2D eigenvalue weighted by atomic mass is 19.2. The van der Waals surface area contributed by atoms with Crippen molar-refractivity contribution in [3.8, 4) is 12.3 Å². The summed E-state index contributed by atoms with van der Waals surface area (Å²) in [7, 11) is 0. The third-order valence-corrected chi connectivity index (χ3v) is 2.76. The normalized spacial score (nSPS) is 24.2. The van der Waals surface area contributed by atoms with Crippen LogP contribution < -0.4 is 0 Å². The van der Waals surface area contributed by atoms with Crippen LogP contribution in [0.5, 0.6) is 0 Å². The molecule has 0 saturated heterocycles. The molecule has 0 aromatic heterocycles. The van der Waals surface area contributed by atoms with Gasteiger partial charge in [-0.25, -0.2) is 43.9 Å². The number of terminal acetylenes is 1. The fourth-order valence-electron chi connectivity index (χ4n) is 1.42. The summed E-state index contributed by atoms with van der Waals surface area (Å²) >= 11 is 0. The third kappa shape index (κ3) is 4.95. The Kier molecular flexibility index (Phi) is 8.63. The van der Waals surface area contributed by atoms with Crippen molar-refractivity contribution in [2.24, 2.45) is 0 Å². The summed E-state index contributed by atoms with van der Waals surface area (Å²) in [5.74, 6) is 1.04. The zero-order chi connectivity index (χ0) is 17.6. The van der Waals surface area contributed by atoms with Crippen LogP contribution in [0.3, 0.4) is 0 Å². The van der Waals surface area contributed by atoms with Gasteiger partial charge < -0.3 is 0 Å². The molecule has 130 valence electrons. The summed E-state index contributed by atoms with van der Waals surface area (Å²) in [5, 5.41) is 0. The van der Waals surface area contributed by atoms with Gasteiger partial charge >= 0.3 is 0 Å². The fraction of sp³-hybridized carbons (Fsp3) is 0.833. The van der Waals surface area contributed by atoms with Crippen molar-refractivity contribution < 1.29 is 43.9 Å². The van der Waals surface area contributed by atoms with Crippen LogP contribution in [0.15, 0.2) is 0 Å². The minimum atomic E-state index is -3.78. The molecule has 9 atom stereocenters. The van der Waals surface area contributed by atoms with E-state index < -0.39 is 62.2 Å². The van der Waals surface area contributed by atoms with Crippen LogP contribution in [-0.2, 0) is 0 Å². The Hall–Kier alpha value is -1.14. The standard InChI is InChI=1S/C12H12F10/c1-2-4(14)6(16)8(18)10(20)12(22)11(21)9(19)7(17)5(15)3-13/h1,4-12H,3H2. The fourth-order valence-corrected chi connectivity index (χ4v) is 1.42. The summed E-state index contributed by atoms with van der Waals surface area (Å²) in [6, 6.07) is 0. The average Bonchev–Trinajstić information content (AvgIpc) is 2.55. The van der Waals surface area contributed by atoms with E-state index in [-0.39, 0.29) is 0 Å². The Labute approximate surface area is 119 Å². The molecule has 0 spiro atoms. The topological polar surface area (TPSA) is 0 Å². The third-order valence-electron chi connectivity index (χ3n) is 2.76. The Bertz CT molecular complexity index is 358. The maximum Gasteiger partial charge on any atom is 0.194 e. The van der Waals surface area contributed by atoms with Crippen LogP contribution in [0.4, 0.5) is 43.9 Å². The molecule has 9 unspecified atom stereocenters. The second-order valence-corrected chi connectivity index (χ2v) is 4.35. The average molecular weight is 346 g/mol. The van der Waals surface area contributed by atoms with Gasteiger partial charge in [0.25, 0.3) is 0 Å². The van der Waals surface area contributed by atoms with Crippen LogP contribution in [0, 0.1) is 12.3 Å². The van der Waals surface area contributed by atoms with Gasteiger partial charge in [0.2, 0.25) is 0 Å². The molecular formula is C12H12F10. The number of rotatable bonds is 9. The molecule has 0 aliphatic heterocycles. The van der Waals surface area contributed by atoms with Crippen LogP contribution in [-0.4, -0.2) is 62.2 Å². The van der Waals surface area contributed by atoms with E-state index in [1.807, 2.05) is 0 Å². The SMILES string of the molecule is C#CC(F)C(F)C(F)C(F)C(F)C(F)C(F)C(F)C(F)CF. The van der Waals surface area contributed by atoms with Crippen LogP contribution in [0.25, 0.3) is 0 Å². The Balaban J connectivity index is 4.86. The van der Waals surface area contributed by atoms with Crippen molar-refractivity contribution in [3.05, 3.63) is 0 Å². The maximum atomic E-state index is 13.2. The molecule has 0 aliphatic carbocycles. The van der Waals surface area contributed by atoms with Gasteiger partial charge in [0.15, 0.2) is 55.5 Å². The lowest BCUT2D eigenvalue weighted by molar-refractivity contribution is -0.0524. The Morgan fingerprint density at radius 1 is 0.591 bits per heavy atom. The zero-order valence-corrected chi connectivity index (χ0v) is 10.8. The lowest BCUT2D eigenvalue weighted by Crippen LogP contribution is -2.48. The molecule has 0 bridgehead atoms. The minimum absolute atomic E-state index is 1.04. The molecule has 0 amide bonds. The van der Waals surface area contributed by atoms with E-state index in [0.717, 1.165) is 5.92 Å². The number of alkyl halides is 10. The summed E-state index contributed by atoms with van der Waals surface area (Å²) in [6.07, 6.45) is -27.1. The van der Waals surface area contributed by atoms with E-state index in [9.17, 15) is 43.9 Å². The first-order valence-electron chi connectivity index (χ1n) is 5.88. The highest BCUT2D eigenvalue weighted by Gasteiger charge is 2.48. The molecule has 0 N–H and O–H groups in total. The molecule has 0 heterocycles. The van der Waals surface area contributed by atoms with Gasteiger partial charge in [0.05, 0.1) is 0 Å². The van der Waals surface area contributed by atoms with Crippen molar-refractivity contribution in [2.45, 2.75) is 55.5 Å². The Morgan fingerprint density at radius 3 is 1.23 bits per heavy atom. The van der Waals surface area contributed by atoms with Crippen LogP contribution >= 0.6 is 0 Å². The molecule has 0 aromatic rings. The van der Waals surface area contributed by atoms with Gasteiger partial charge in [-0.05, 0) is 0 Å². The van der Waals surface area contributed by atoms with Gasteiger partial charge in [-0.3, -0.25) is 0 Å². The molecule has 0 saturated carbocycles. The predicted molar refractivity (Wildman–Crippen MR) is 58.9 cm³/mol. The second-order valence-electron chi connectivity index (χ2n) is 4.35. The molecule has 0 aromatic carbocycles. The molecule has 10 heteroatoms. The molecule has 0 aliphatic rings. The van der Waals surface area contributed by atoms with Crippen molar-refractivity contribution in [1.82, 2.24) is 0 Å². The van der Waals surface area contributed by atoms with Crippen LogP contribution in [0.1, 0.15) is 0 Å². The lowest BCUT2D eigenvalue weighted by Gasteiger charge is -2.26. The Morgan fingerprint density at radius 2 is 0.909 bits per heavy atom. The monoisotopic (exact) mass is 346 g/mol. The largest absolute Gasteiger partial charge is 0.248 e. The van der Waals surface area contributed by atoms with Crippen molar-refractivity contribution in [2.75, 3.05) is 6.67 Å². The highest BCUT2D eigenvalue weighted by molar-refractivity contribution is 5.03. The molecule has 22 heavy (non-hydrogen) atoms. The summed E-state index contributed by atoms with van der Waals surface area (Å²) in [4.78, 5) is 0. The number of hydrogen-bond donors (Lipinski definition) is 0. The van der Waals surface area contributed by atoms with E-state index in [1.165, 1.54) is 0 Å². The van der Waals surface area contributed by atoms with E-state index in [1.54, 1.807) is 0 Å². The lowest BCUT2D eigenvalue weighted by atomic mass is 9.97. The predicted octanol–water partition coefficient (Wildman–Crippen LogP) is 3.63. The van der Waals surface area contributed by atoms with Crippen molar-refractivity contribution >= 4 is 0 Å². The second kappa shape index (κ2) is 9.10. The smallest absolute Gasteiger partial charge is 0.194 e. The first kappa shape index (κ1) is 20.9. The van der Waals surface area contributed by atoms with E-state index in [4.69, 9.17) is 0 Å². The highest BCUT2D eigenvalue weighted by Crippen LogP contribution is 2.28. The number of halogens is 10. The van der Waals surface area contributed by atoms with Gasteiger partial charge in [0, 0.05) is 0 Å². The van der Waals surface area contributed by atoms with Gasteiger partial charge in [-0.2, -0.15) is 0 Å². The van der Waals surface area contributed by atoms with Crippen molar-refractivity contribution in [1.29, 1.82) is 0 Å². The summed E-state index contributed by atoms with van der Waals surface area (Å²) in [6.45, 7) is -2.06. The van der Waals surface area contributed by atoms with E-state index in [2.05, 4.69) is 6.42 Å².